The van der Waals surface area contributed by atoms with Gasteiger partial charge in [0.25, 0.3) is 6.08 Å². The molecule has 0 aliphatic rings. The molecule has 0 spiro atoms. The van der Waals surface area contributed by atoms with E-state index >= 15 is 0 Å². The number of imidazole rings is 1. The number of rotatable bonds is 6. The summed E-state index contributed by atoms with van der Waals surface area (Å²) in [6.45, 7) is 2.11. The second kappa shape index (κ2) is 6.47. The Balaban J connectivity index is 2.00. The molecule has 1 N–H and O–H groups in total. The molecule has 0 saturated carbocycles. The Hall–Kier alpha value is -2.24. The van der Waals surface area contributed by atoms with Crippen LogP contribution in [0.25, 0.3) is 11.0 Å². The fourth-order valence-corrected chi connectivity index (χ4v) is 2.14. The molecular formula is C15H16F2N2O2. The first-order valence-corrected chi connectivity index (χ1v) is 6.68. The molecule has 2 aromatic rings. The fraction of sp³-hybridized carbons (Fsp3) is 0.333. The average molecular weight is 294 g/mol. The first-order chi connectivity index (χ1) is 9.99. The van der Waals surface area contributed by atoms with Crippen LogP contribution in [0.3, 0.4) is 0 Å². The number of hydrogen-bond acceptors (Lipinski definition) is 2. The van der Waals surface area contributed by atoms with E-state index in [2.05, 4.69) is 4.98 Å². The number of halogens is 2. The van der Waals surface area contributed by atoms with E-state index < -0.39 is 12.0 Å². The number of nitrogens with zero attached hydrogens (tertiary/aromatic N) is 2. The SMILES string of the molecule is CC(CCCCn1cnc2cc(C(=O)O)ccc21)=C(F)F. The number of unbranched alkanes of at least 4 members (excludes halogenated alkanes) is 1. The van der Waals surface area contributed by atoms with Gasteiger partial charge in [0.05, 0.1) is 22.9 Å². The van der Waals surface area contributed by atoms with Gasteiger partial charge in [0, 0.05) is 6.54 Å². The number of allylic oxidation sites excluding steroid dienone is 1. The van der Waals surface area contributed by atoms with Gasteiger partial charge in [0.1, 0.15) is 0 Å². The van der Waals surface area contributed by atoms with E-state index in [-0.39, 0.29) is 11.1 Å². The van der Waals surface area contributed by atoms with Gasteiger partial charge in [-0.2, -0.15) is 8.78 Å². The summed E-state index contributed by atoms with van der Waals surface area (Å²) in [4.78, 5) is 15.1. The van der Waals surface area contributed by atoms with E-state index in [1.807, 2.05) is 4.57 Å². The van der Waals surface area contributed by atoms with E-state index in [1.54, 1.807) is 12.4 Å². The number of aryl methyl sites for hydroxylation is 1. The summed E-state index contributed by atoms with van der Waals surface area (Å²) in [6, 6.07) is 4.78. The summed E-state index contributed by atoms with van der Waals surface area (Å²) in [7, 11) is 0. The maximum atomic E-state index is 12.3. The van der Waals surface area contributed by atoms with Gasteiger partial charge in [0.2, 0.25) is 0 Å². The third-order valence-electron chi connectivity index (χ3n) is 3.39. The first kappa shape index (κ1) is 15.2. The number of carboxylic acids is 1. The zero-order valence-electron chi connectivity index (χ0n) is 11.6. The number of aromatic carboxylic acids is 1. The zero-order chi connectivity index (χ0) is 15.4. The molecule has 0 fully saturated rings. The van der Waals surface area contributed by atoms with Crippen LogP contribution in [0.15, 0.2) is 36.2 Å². The average Bonchev–Trinajstić information content (AvgIpc) is 2.85. The summed E-state index contributed by atoms with van der Waals surface area (Å²) < 4.78 is 26.4. The molecule has 0 radical (unpaired) electrons. The molecule has 21 heavy (non-hydrogen) atoms. The maximum Gasteiger partial charge on any atom is 0.335 e. The molecule has 2 rings (SSSR count). The van der Waals surface area contributed by atoms with Crippen LogP contribution in [0.2, 0.25) is 0 Å². The largest absolute Gasteiger partial charge is 0.478 e. The highest BCUT2D eigenvalue weighted by molar-refractivity contribution is 5.92. The lowest BCUT2D eigenvalue weighted by Crippen LogP contribution is -1.98. The Morgan fingerprint density at radius 2 is 2.10 bits per heavy atom. The van der Waals surface area contributed by atoms with E-state index in [0.717, 1.165) is 11.9 Å². The molecular weight excluding hydrogens is 278 g/mol. The summed E-state index contributed by atoms with van der Waals surface area (Å²) in [6.07, 6.45) is 1.88. The van der Waals surface area contributed by atoms with Crippen LogP contribution < -0.4 is 0 Å². The molecule has 1 aromatic carbocycles. The Bertz CT molecular complexity index is 688. The Morgan fingerprint density at radius 3 is 2.76 bits per heavy atom. The van der Waals surface area contributed by atoms with E-state index in [0.29, 0.717) is 24.9 Å². The summed E-state index contributed by atoms with van der Waals surface area (Å²) in [5.41, 5.74) is 1.81. The minimum absolute atomic E-state index is 0.136. The smallest absolute Gasteiger partial charge is 0.335 e. The third-order valence-corrected chi connectivity index (χ3v) is 3.39. The van der Waals surface area contributed by atoms with Gasteiger partial charge < -0.3 is 9.67 Å². The van der Waals surface area contributed by atoms with Gasteiger partial charge in [-0.05, 0) is 50.0 Å². The number of aromatic nitrogens is 2. The lowest BCUT2D eigenvalue weighted by Gasteiger charge is -2.05. The highest BCUT2D eigenvalue weighted by atomic mass is 19.3. The predicted octanol–water partition coefficient (Wildman–Crippen LogP) is 4.08. The third kappa shape index (κ3) is 3.65. The molecule has 0 aliphatic carbocycles. The Labute approximate surface area is 120 Å². The second-order valence-corrected chi connectivity index (χ2v) is 4.94. The van der Waals surface area contributed by atoms with Crippen LogP contribution in [0.1, 0.15) is 36.5 Å². The molecule has 0 unspecified atom stereocenters. The van der Waals surface area contributed by atoms with Gasteiger partial charge >= 0.3 is 5.97 Å². The molecule has 0 amide bonds. The molecule has 4 nitrogen and oxygen atoms in total. The van der Waals surface area contributed by atoms with Gasteiger partial charge in [-0.25, -0.2) is 9.78 Å². The monoisotopic (exact) mass is 294 g/mol. The predicted molar refractivity (Wildman–Crippen MR) is 75.5 cm³/mol. The molecule has 0 aliphatic heterocycles. The molecule has 1 aromatic heterocycles. The molecule has 6 heteroatoms. The Morgan fingerprint density at radius 1 is 1.33 bits per heavy atom. The number of benzene rings is 1. The van der Waals surface area contributed by atoms with E-state index in [1.165, 1.54) is 19.1 Å². The van der Waals surface area contributed by atoms with Crippen molar-refractivity contribution in [2.75, 3.05) is 0 Å². The van der Waals surface area contributed by atoms with Crippen LogP contribution >= 0.6 is 0 Å². The quantitative estimate of drug-likeness (QED) is 0.817. The molecule has 1 heterocycles. The van der Waals surface area contributed by atoms with Crippen LogP contribution in [-0.2, 0) is 6.54 Å². The minimum atomic E-state index is -1.59. The van der Waals surface area contributed by atoms with Crippen LogP contribution in [-0.4, -0.2) is 20.6 Å². The van der Waals surface area contributed by atoms with Crippen LogP contribution in [0.4, 0.5) is 8.78 Å². The van der Waals surface area contributed by atoms with Crippen molar-refractivity contribution in [3.8, 4) is 0 Å². The normalized spacial score (nSPS) is 10.8. The molecule has 0 saturated heterocycles. The van der Waals surface area contributed by atoms with Gasteiger partial charge in [-0.1, -0.05) is 0 Å². The lowest BCUT2D eigenvalue weighted by molar-refractivity contribution is 0.0697. The molecule has 112 valence electrons. The second-order valence-electron chi connectivity index (χ2n) is 4.94. The van der Waals surface area contributed by atoms with E-state index in [4.69, 9.17) is 5.11 Å². The topological polar surface area (TPSA) is 55.1 Å². The highest BCUT2D eigenvalue weighted by Gasteiger charge is 2.07. The van der Waals surface area contributed by atoms with Crippen molar-refractivity contribution in [2.24, 2.45) is 0 Å². The van der Waals surface area contributed by atoms with Crippen molar-refractivity contribution in [3.05, 3.63) is 41.7 Å². The zero-order valence-corrected chi connectivity index (χ0v) is 11.6. The van der Waals surface area contributed by atoms with Gasteiger partial charge in [-0.15, -0.1) is 0 Å². The lowest BCUT2D eigenvalue weighted by atomic mass is 10.1. The summed E-state index contributed by atoms with van der Waals surface area (Å²) in [5.74, 6) is -0.984. The Kier molecular flexibility index (Phi) is 4.67. The summed E-state index contributed by atoms with van der Waals surface area (Å²) >= 11 is 0. The van der Waals surface area contributed by atoms with Crippen molar-refractivity contribution in [2.45, 2.75) is 32.7 Å². The van der Waals surface area contributed by atoms with Crippen molar-refractivity contribution in [1.29, 1.82) is 0 Å². The number of carboxylic acid groups (broad SMARTS) is 1. The molecule has 0 bridgehead atoms. The van der Waals surface area contributed by atoms with Gasteiger partial charge in [-0.3, -0.25) is 0 Å². The number of carbonyl (C=O) groups is 1. The highest BCUT2D eigenvalue weighted by Crippen LogP contribution is 2.18. The van der Waals surface area contributed by atoms with E-state index in [9.17, 15) is 13.6 Å². The maximum absolute atomic E-state index is 12.3. The molecule has 0 atom stereocenters. The number of fused-ring (bicyclic) bond motifs is 1. The first-order valence-electron chi connectivity index (χ1n) is 6.68. The van der Waals surface area contributed by atoms with Gasteiger partial charge in [0.15, 0.2) is 0 Å². The van der Waals surface area contributed by atoms with Crippen molar-refractivity contribution in [3.63, 3.8) is 0 Å². The van der Waals surface area contributed by atoms with Crippen LogP contribution in [0.5, 0.6) is 0 Å². The minimum Gasteiger partial charge on any atom is -0.478 e. The summed E-state index contributed by atoms with van der Waals surface area (Å²) in [5, 5.41) is 8.92. The fourth-order valence-electron chi connectivity index (χ4n) is 2.14. The van der Waals surface area contributed by atoms with Crippen molar-refractivity contribution in [1.82, 2.24) is 9.55 Å². The standard InChI is InChI=1S/C15H16F2N2O2/c1-10(14(16)17)4-2-3-7-19-9-18-12-8-11(15(20)21)5-6-13(12)19/h5-6,8-9H,2-4,7H2,1H3,(H,20,21). The number of hydrogen-bond donors (Lipinski definition) is 1. The van der Waals surface area contributed by atoms with Crippen molar-refractivity contribution < 1.29 is 18.7 Å². The van der Waals surface area contributed by atoms with Crippen molar-refractivity contribution >= 4 is 17.0 Å². The van der Waals surface area contributed by atoms with Crippen LogP contribution in [0, 0.1) is 0 Å².